The number of rotatable bonds is 2. The molecular formula is C29H43NO7. The largest absolute Gasteiger partial charge is 0.463 e. The average molecular weight is 518 g/mol. The van der Waals surface area contributed by atoms with Gasteiger partial charge < -0.3 is 14.2 Å². The minimum atomic E-state index is -1.18. The van der Waals surface area contributed by atoms with Gasteiger partial charge in [-0.3, -0.25) is 19.7 Å². The molecule has 13 atom stereocenters. The van der Waals surface area contributed by atoms with Gasteiger partial charge in [0.25, 0.3) is 6.04 Å². The number of Topliss-reactive ketones (excluding diaryl/α,β-unsaturated/α-hetero) is 1. The first-order valence-corrected chi connectivity index (χ1v) is 14.6. The number of ether oxygens (including phenoxy) is 3. The molecule has 8 heteroatoms. The standard InChI is InChI=1S/C29H43NO7/c1-15-8-11-29(35-14-15)16(2)23-22(37-29)13-21-20-7-6-18-12-19(36-17(3)31)9-10-27(18,4)24(20)25(30(33)34)26(32)28(21,23)5/h15-16,18-25H,6-14H2,1-5H3/t15-,16+,18?,19+,20+,21+,22+,23+,24-,25+,27+,28+,29-/m1/s1. The average Bonchev–Trinajstić information content (AvgIpc) is 3.27. The maximum atomic E-state index is 14.5. The molecule has 6 fully saturated rings. The molecule has 6 aliphatic rings. The van der Waals surface area contributed by atoms with Crippen LogP contribution in [0.4, 0.5) is 0 Å². The van der Waals surface area contributed by atoms with Gasteiger partial charge in [-0.15, -0.1) is 0 Å². The van der Waals surface area contributed by atoms with Crippen LogP contribution < -0.4 is 0 Å². The van der Waals surface area contributed by atoms with Gasteiger partial charge in [0.2, 0.25) is 5.78 Å². The quantitative estimate of drug-likeness (QED) is 0.294. The van der Waals surface area contributed by atoms with E-state index in [-0.39, 0.29) is 69.8 Å². The second kappa shape index (κ2) is 8.48. The minimum Gasteiger partial charge on any atom is -0.463 e. The predicted octanol–water partition coefficient (Wildman–Crippen LogP) is 4.80. The summed E-state index contributed by atoms with van der Waals surface area (Å²) >= 11 is 0. The summed E-state index contributed by atoms with van der Waals surface area (Å²) in [7, 11) is 0. The maximum Gasteiger partial charge on any atom is 0.302 e. The van der Waals surface area contributed by atoms with E-state index in [9.17, 15) is 19.7 Å². The fourth-order valence-electron chi connectivity index (χ4n) is 10.6. The van der Waals surface area contributed by atoms with Crippen LogP contribution >= 0.6 is 0 Å². The summed E-state index contributed by atoms with van der Waals surface area (Å²) in [6, 6.07) is -1.18. The second-order valence-electron chi connectivity index (χ2n) is 13.9. The lowest BCUT2D eigenvalue weighted by molar-refractivity contribution is -0.530. The molecule has 1 spiro atoms. The molecule has 0 aromatic carbocycles. The van der Waals surface area contributed by atoms with Crippen molar-refractivity contribution in [2.45, 2.75) is 110 Å². The second-order valence-corrected chi connectivity index (χ2v) is 13.9. The number of nitro groups is 1. The highest BCUT2D eigenvalue weighted by Crippen LogP contribution is 2.70. The van der Waals surface area contributed by atoms with Gasteiger partial charge in [-0.2, -0.15) is 0 Å². The van der Waals surface area contributed by atoms with E-state index < -0.39 is 17.2 Å². The number of fused-ring (bicyclic) bond motifs is 7. The van der Waals surface area contributed by atoms with E-state index in [2.05, 4.69) is 20.8 Å². The lowest BCUT2D eigenvalue weighted by atomic mass is 9.42. The first kappa shape index (κ1) is 25.7. The molecule has 6 rings (SSSR count). The highest BCUT2D eigenvalue weighted by atomic mass is 16.7. The number of carbonyl (C=O) groups excluding carboxylic acids is 2. The van der Waals surface area contributed by atoms with E-state index in [1.807, 2.05) is 6.92 Å². The maximum absolute atomic E-state index is 14.5. The first-order chi connectivity index (χ1) is 17.4. The van der Waals surface area contributed by atoms with Crippen molar-refractivity contribution in [1.82, 2.24) is 0 Å². The van der Waals surface area contributed by atoms with Crippen LogP contribution in [0, 0.1) is 62.4 Å². The van der Waals surface area contributed by atoms with E-state index in [4.69, 9.17) is 14.2 Å². The van der Waals surface area contributed by atoms with E-state index in [0.717, 1.165) is 44.9 Å². The smallest absolute Gasteiger partial charge is 0.302 e. The van der Waals surface area contributed by atoms with Crippen molar-refractivity contribution in [3.05, 3.63) is 10.1 Å². The summed E-state index contributed by atoms with van der Waals surface area (Å²) in [5, 5.41) is 12.7. The van der Waals surface area contributed by atoms with Crippen LogP contribution in [0.2, 0.25) is 0 Å². The lowest BCUT2D eigenvalue weighted by Gasteiger charge is -2.60. The molecule has 0 aromatic heterocycles. The first-order valence-electron chi connectivity index (χ1n) is 14.6. The van der Waals surface area contributed by atoms with Gasteiger partial charge >= 0.3 is 5.97 Å². The molecule has 8 nitrogen and oxygen atoms in total. The molecule has 0 radical (unpaired) electrons. The van der Waals surface area contributed by atoms with Gasteiger partial charge in [0.05, 0.1) is 12.7 Å². The van der Waals surface area contributed by atoms with Gasteiger partial charge in [0.15, 0.2) is 5.79 Å². The summed E-state index contributed by atoms with van der Waals surface area (Å²) in [6.45, 7) is 10.7. The van der Waals surface area contributed by atoms with Crippen molar-refractivity contribution in [2.24, 2.45) is 52.3 Å². The summed E-state index contributed by atoms with van der Waals surface area (Å²) in [4.78, 5) is 38.5. The number of esters is 1. The predicted molar refractivity (Wildman–Crippen MR) is 134 cm³/mol. The molecule has 4 aliphatic carbocycles. The number of hydrogen-bond acceptors (Lipinski definition) is 7. The topological polar surface area (TPSA) is 105 Å². The van der Waals surface area contributed by atoms with Crippen LogP contribution in [0.25, 0.3) is 0 Å². The van der Waals surface area contributed by atoms with E-state index in [0.29, 0.717) is 18.9 Å². The highest BCUT2D eigenvalue weighted by Gasteiger charge is 2.76. The molecule has 2 heterocycles. The third kappa shape index (κ3) is 3.46. The Balaban J connectivity index is 1.34. The van der Waals surface area contributed by atoms with Gasteiger partial charge in [-0.25, -0.2) is 0 Å². The molecule has 206 valence electrons. The minimum absolute atomic E-state index is 0.0269. The monoisotopic (exact) mass is 517 g/mol. The third-order valence-corrected chi connectivity index (χ3v) is 12.3. The summed E-state index contributed by atoms with van der Waals surface area (Å²) in [5.74, 6) is -0.443. The van der Waals surface area contributed by atoms with Crippen molar-refractivity contribution in [3.63, 3.8) is 0 Å². The molecule has 2 saturated heterocycles. The van der Waals surface area contributed by atoms with Crippen molar-refractivity contribution >= 4 is 11.8 Å². The summed E-state index contributed by atoms with van der Waals surface area (Å²) in [5.41, 5.74) is -1.07. The Morgan fingerprint density at radius 3 is 2.49 bits per heavy atom. The molecular weight excluding hydrogens is 474 g/mol. The van der Waals surface area contributed by atoms with Crippen LogP contribution in [-0.2, 0) is 23.8 Å². The Morgan fingerprint density at radius 2 is 1.84 bits per heavy atom. The Hall–Kier alpha value is -1.54. The van der Waals surface area contributed by atoms with Crippen molar-refractivity contribution in [1.29, 1.82) is 0 Å². The Bertz CT molecular complexity index is 991. The van der Waals surface area contributed by atoms with Gasteiger partial charge in [-0.1, -0.05) is 27.7 Å². The Labute approximate surface area is 219 Å². The van der Waals surface area contributed by atoms with Crippen LogP contribution in [0.1, 0.15) is 86.0 Å². The molecule has 1 unspecified atom stereocenters. The molecule has 0 amide bonds. The number of hydrogen-bond donors (Lipinski definition) is 0. The molecule has 0 bridgehead atoms. The molecule has 0 N–H and O–H groups in total. The summed E-state index contributed by atoms with van der Waals surface area (Å²) in [6.07, 6.45) is 6.51. The van der Waals surface area contributed by atoms with Gasteiger partial charge in [0.1, 0.15) is 6.10 Å². The zero-order valence-corrected chi connectivity index (χ0v) is 22.9. The van der Waals surface area contributed by atoms with Crippen LogP contribution in [0.5, 0.6) is 0 Å². The fraction of sp³-hybridized carbons (Fsp3) is 0.931. The van der Waals surface area contributed by atoms with Crippen LogP contribution in [0.3, 0.4) is 0 Å². The molecule has 37 heavy (non-hydrogen) atoms. The normalized spacial score (nSPS) is 54.7. The van der Waals surface area contributed by atoms with Crippen molar-refractivity contribution < 1.29 is 28.7 Å². The SMILES string of the molecule is CC(=O)O[C@H]1CC[C@@]2(C)C(CC[C@@H]3[C@@H]2[C@H]([N+](=O)[O-])C(=O)[C@]2(C)[C@@H]4[C@H](C[C@@H]32)O[C@]2(CC[C@@H](C)CO2)[C@H]4C)C1. The van der Waals surface area contributed by atoms with E-state index >= 15 is 0 Å². The fourth-order valence-corrected chi connectivity index (χ4v) is 10.6. The number of ketones is 1. The third-order valence-electron chi connectivity index (χ3n) is 12.3. The van der Waals surface area contributed by atoms with Crippen molar-refractivity contribution in [2.75, 3.05) is 6.61 Å². The van der Waals surface area contributed by atoms with Crippen molar-refractivity contribution in [3.8, 4) is 0 Å². The zero-order chi connectivity index (χ0) is 26.5. The van der Waals surface area contributed by atoms with E-state index in [1.54, 1.807) is 0 Å². The highest BCUT2D eigenvalue weighted by molar-refractivity contribution is 5.91. The van der Waals surface area contributed by atoms with Gasteiger partial charge in [0, 0.05) is 41.4 Å². The number of nitrogens with zero attached hydrogens (tertiary/aromatic N) is 1. The number of carbonyl (C=O) groups is 2. The van der Waals surface area contributed by atoms with Gasteiger partial charge in [-0.05, 0) is 74.0 Å². The zero-order valence-electron chi connectivity index (χ0n) is 22.9. The molecule has 4 saturated carbocycles. The molecule has 2 aliphatic heterocycles. The van der Waals surface area contributed by atoms with Crippen LogP contribution in [0.15, 0.2) is 0 Å². The lowest BCUT2D eigenvalue weighted by Crippen LogP contribution is -2.66. The van der Waals surface area contributed by atoms with E-state index in [1.165, 1.54) is 6.92 Å². The molecule has 0 aromatic rings. The van der Waals surface area contributed by atoms with Crippen LogP contribution in [-0.4, -0.2) is 47.3 Å². The Morgan fingerprint density at radius 1 is 1.08 bits per heavy atom. The Kier molecular flexibility index (Phi) is 5.89. The summed E-state index contributed by atoms with van der Waals surface area (Å²) < 4.78 is 18.7.